The van der Waals surface area contributed by atoms with Crippen LogP contribution in [-0.4, -0.2) is 24.9 Å². The van der Waals surface area contributed by atoms with Gasteiger partial charge in [0.1, 0.15) is 5.75 Å². The zero-order chi connectivity index (χ0) is 15.1. The number of halogens is 2. The molecule has 0 aliphatic carbocycles. The lowest BCUT2D eigenvalue weighted by Gasteiger charge is -2.22. The Hall–Kier alpha value is -0.480. The van der Waals surface area contributed by atoms with Gasteiger partial charge in [0, 0.05) is 11.6 Å². The van der Waals surface area contributed by atoms with Crippen molar-refractivity contribution in [3.8, 4) is 5.75 Å². The number of ether oxygens (including phenoxy) is 1. The fourth-order valence-electron chi connectivity index (χ4n) is 2.13. The molecule has 3 nitrogen and oxygen atoms in total. The van der Waals surface area contributed by atoms with Gasteiger partial charge in [-0.1, -0.05) is 37.0 Å². The van der Waals surface area contributed by atoms with E-state index in [0.717, 1.165) is 18.4 Å². The van der Waals surface area contributed by atoms with Crippen LogP contribution in [0, 0.1) is 11.8 Å². The fraction of sp³-hybridized carbons (Fsp3) is 0.600. The SMILES string of the molecule is CCCOc1c(Cl)cc(Cl)cc1CC(C)C(CN)CO. The minimum absolute atomic E-state index is 0.0618. The number of nitrogens with two attached hydrogens (primary N) is 1. The first-order chi connectivity index (χ1) is 9.53. The Morgan fingerprint density at radius 1 is 1.35 bits per heavy atom. The second-order valence-corrected chi connectivity index (χ2v) is 5.93. The van der Waals surface area contributed by atoms with E-state index in [1.54, 1.807) is 6.07 Å². The maximum Gasteiger partial charge on any atom is 0.141 e. The lowest BCUT2D eigenvalue weighted by Crippen LogP contribution is -2.26. The summed E-state index contributed by atoms with van der Waals surface area (Å²) in [5.41, 5.74) is 6.64. The fourth-order valence-corrected chi connectivity index (χ4v) is 2.72. The minimum atomic E-state index is 0.0618. The standard InChI is InChI=1S/C15H23Cl2NO2/c1-3-4-20-15-11(6-13(16)7-14(15)17)5-10(2)12(8-18)9-19/h6-7,10,12,19H,3-5,8-9,18H2,1-2H3. The quantitative estimate of drug-likeness (QED) is 0.770. The van der Waals surface area contributed by atoms with Gasteiger partial charge in [0.05, 0.1) is 11.6 Å². The summed E-state index contributed by atoms with van der Waals surface area (Å²) in [6, 6.07) is 3.56. The predicted molar refractivity (Wildman–Crippen MR) is 84.7 cm³/mol. The maximum atomic E-state index is 9.33. The van der Waals surface area contributed by atoms with Gasteiger partial charge >= 0.3 is 0 Å². The Balaban J connectivity index is 2.96. The summed E-state index contributed by atoms with van der Waals surface area (Å²) in [5.74, 6) is 0.980. The van der Waals surface area contributed by atoms with Crippen molar-refractivity contribution in [3.63, 3.8) is 0 Å². The molecule has 0 fully saturated rings. The number of aliphatic hydroxyl groups excluding tert-OH is 1. The first-order valence-corrected chi connectivity index (χ1v) is 7.70. The third kappa shape index (κ3) is 4.81. The molecule has 0 spiro atoms. The lowest BCUT2D eigenvalue weighted by atomic mass is 9.88. The summed E-state index contributed by atoms with van der Waals surface area (Å²) in [5, 5.41) is 10.5. The average Bonchev–Trinajstić information content (AvgIpc) is 2.39. The summed E-state index contributed by atoms with van der Waals surface area (Å²) >= 11 is 12.3. The van der Waals surface area contributed by atoms with Gasteiger partial charge in [0.25, 0.3) is 0 Å². The van der Waals surface area contributed by atoms with Gasteiger partial charge < -0.3 is 15.6 Å². The van der Waals surface area contributed by atoms with Crippen molar-refractivity contribution in [2.45, 2.75) is 26.7 Å². The average molecular weight is 320 g/mol. The molecule has 2 atom stereocenters. The first-order valence-electron chi connectivity index (χ1n) is 6.95. The van der Waals surface area contributed by atoms with E-state index in [2.05, 4.69) is 6.92 Å². The highest BCUT2D eigenvalue weighted by Gasteiger charge is 2.19. The van der Waals surface area contributed by atoms with Crippen LogP contribution in [-0.2, 0) is 6.42 Å². The van der Waals surface area contributed by atoms with Crippen LogP contribution in [0.5, 0.6) is 5.75 Å². The van der Waals surface area contributed by atoms with Crippen molar-refractivity contribution in [3.05, 3.63) is 27.7 Å². The summed E-state index contributed by atoms with van der Waals surface area (Å²) < 4.78 is 5.74. The molecule has 1 rings (SSSR count). The van der Waals surface area contributed by atoms with Crippen molar-refractivity contribution in [1.29, 1.82) is 0 Å². The Morgan fingerprint density at radius 3 is 2.60 bits per heavy atom. The van der Waals surface area contributed by atoms with E-state index in [-0.39, 0.29) is 18.4 Å². The maximum absolute atomic E-state index is 9.33. The molecule has 2 unspecified atom stereocenters. The molecule has 0 aromatic heterocycles. The topological polar surface area (TPSA) is 55.5 Å². The zero-order valence-corrected chi connectivity index (χ0v) is 13.5. The number of aliphatic hydroxyl groups is 1. The highest BCUT2D eigenvalue weighted by atomic mass is 35.5. The normalized spacial score (nSPS) is 14.1. The zero-order valence-electron chi connectivity index (χ0n) is 12.0. The third-order valence-corrected chi connectivity index (χ3v) is 3.92. The van der Waals surface area contributed by atoms with Crippen LogP contribution in [0.2, 0.25) is 10.0 Å². The summed E-state index contributed by atoms with van der Waals surface area (Å²) in [6.07, 6.45) is 1.64. The second kappa shape index (κ2) is 8.73. The Morgan fingerprint density at radius 2 is 2.05 bits per heavy atom. The van der Waals surface area contributed by atoms with E-state index in [1.807, 2.05) is 13.0 Å². The lowest BCUT2D eigenvalue weighted by molar-refractivity contribution is 0.186. The molecule has 20 heavy (non-hydrogen) atoms. The van der Waals surface area contributed by atoms with E-state index >= 15 is 0 Å². The van der Waals surface area contributed by atoms with Gasteiger partial charge in [-0.15, -0.1) is 0 Å². The monoisotopic (exact) mass is 319 g/mol. The summed E-state index contributed by atoms with van der Waals surface area (Å²) in [6.45, 7) is 5.26. The highest BCUT2D eigenvalue weighted by molar-refractivity contribution is 6.35. The molecule has 1 aromatic carbocycles. The van der Waals surface area contributed by atoms with Crippen LogP contribution < -0.4 is 10.5 Å². The Bertz CT molecular complexity index is 423. The molecule has 0 aliphatic heterocycles. The molecule has 0 amide bonds. The Kier molecular flexibility index (Phi) is 7.67. The van der Waals surface area contributed by atoms with Gasteiger partial charge in [-0.3, -0.25) is 0 Å². The van der Waals surface area contributed by atoms with Gasteiger partial charge in [0.15, 0.2) is 0 Å². The number of benzene rings is 1. The second-order valence-electron chi connectivity index (χ2n) is 5.08. The smallest absolute Gasteiger partial charge is 0.141 e. The molecule has 0 bridgehead atoms. The van der Waals surface area contributed by atoms with Crippen LogP contribution >= 0.6 is 23.2 Å². The molecular formula is C15H23Cl2NO2. The molecular weight excluding hydrogens is 297 g/mol. The predicted octanol–water partition coefficient (Wildman–Crippen LogP) is 3.53. The van der Waals surface area contributed by atoms with Crippen LogP contribution in [0.15, 0.2) is 12.1 Å². The molecule has 3 N–H and O–H groups in total. The van der Waals surface area contributed by atoms with Crippen molar-refractivity contribution in [2.24, 2.45) is 17.6 Å². The number of hydrogen-bond donors (Lipinski definition) is 2. The van der Waals surface area contributed by atoms with Crippen molar-refractivity contribution in [1.82, 2.24) is 0 Å². The molecule has 1 aromatic rings. The first kappa shape index (κ1) is 17.6. The van der Waals surface area contributed by atoms with Crippen LogP contribution in [0.1, 0.15) is 25.8 Å². The molecule has 114 valence electrons. The van der Waals surface area contributed by atoms with Crippen molar-refractivity contribution < 1.29 is 9.84 Å². The van der Waals surface area contributed by atoms with Gasteiger partial charge in [0.2, 0.25) is 0 Å². The number of hydrogen-bond acceptors (Lipinski definition) is 3. The van der Waals surface area contributed by atoms with Gasteiger partial charge in [-0.25, -0.2) is 0 Å². The van der Waals surface area contributed by atoms with E-state index in [0.29, 0.717) is 28.9 Å². The summed E-state index contributed by atoms with van der Waals surface area (Å²) in [7, 11) is 0. The molecule has 0 saturated carbocycles. The van der Waals surface area contributed by atoms with Gasteiger partial charge in [-0.05, 0) is 48.9 Å². The van der Waals surface area contributed by atoms with E-state index in [4.69, 9.17) is 33.7 Å². The van der Waals surface area contributed by atoms with Gasteiger partial charge in [-0.2, -0.15) is 0 Å². The van der Waals surface area contributed by atoms with E-state index in [9.17, 15) is 5.11 Å². The van der Waals surface area contributed by atoms with Crippen molar-refractivity contribution >= 4 is 23.2 Å². The van der Waals surface area contributed by atoms with Crippen LogP contribution in [0.25, 0.3) is 0 Å². The van der Waals surface area contributed by atoms with E-state index < -0.39 is 0 Å². The molecule has 0 saturated heterocycles. The summed E-state index contributed by atoms with van der Waals surface area (Å²) in [4.78, 5) is 0. The van der Waals surface area contributed by atoms with Crippen LogP contribution in [0.4, 0.5) is 0 Å². The molecule has 0 aliphatic rings. The third-order valence-electron chi connectivity index (χ3n) is 3.42. The minimum Gasteiger partial charge on any atom is -0.492 e. The van der Waals surface area contributed by atoms with E-state index in [1.165, 1.54) is 0 Å². The number of rotatable bonds is 8. The highest BCUT2D eigenvalue weighted by Crippen LogP contribution is 2.34. The largest absolute Gasteiger partial charge is 0.492 e. The molecule has 0 heterocycles. The molecule has 0 radical (unpaired) electrons. The molecule has 5 heteroatoms. The van der Waals surface area contributed by atoms with Crippen molar-refractivity contribution in [2.75, 3.05) is 19.8 Å². The Labute approximate surface area is 131 Å². The van der Waals surface area contributed by atoms with Crippen LogP contribution in [0.3, 0.4) is 0 Å².